The molecule has 0 aliphatic carbocycles. The average Bonchev–Trinajstić information content (AvgIpc) is 2.67. The molecule has 0 atom stereocenters. The Balaban J connectivity index is 1.75. The summed E-state index contributed by atoms with van der Waals surface area (Å²) >= 11 is 6.17. The van der Waals surface area contributed by atoms with Gasteiger partial charge < -0.3 is 9.84 Å². The molecule has 4 nitrogen and oxygen atoms in total. The number of hydrogen-bond acceptors (Lipinski definition) is 3. The van der Waals surface area contributed by atoms with Crippen molar-refractivity contribution in [1.82, 2.24) is 4.98 Å². The summed E-state index contributed by atoms with van der Waals surface area (Å²) in [6.45, 7) is 3.99. The van der Waals surface area contributed by atoms with Crippen LogP contribution in [0, 0.1) is 5.41 Å². The van der Waals surface area contributed by atoms with Gasteiger partial charge in [0, 0.05) is 16.5 Å². The van der Waals surface area contributed by atoms with Gasteiger partial charge in [-0.2, -0.15) is 0 Å². The monoisotopic (exact) mass is 397 g/mol. The number of para-hydroxylation sites is 1. The molecule has 1 heterocycles. The molecule has 0 aliphatic rings. The molecule has 0 saturated heterocycles. The number of aliphatic carboxylic acids is 1. The van der Waals surface area contributed by atoms with Crippen molar-refractivity contribution in [2.75, 3.05) is 6.61 Å². The zero-order valence-corrected chi connectivity index (χ0v) is 16.9. The minimum absolute atomic E-state index is 0.496. The maximum absolute atomic E-state index is 11.2. The first-order valence-electron chi connectivity index (χ1n) is 9.39. The standard InChI is InChI=1S/C23H24ClNO3/c1-23(2,22(26)27)12-5-6-13-28-21-15-19(16-8-7-9-17(24)14-16)18-10-3-4-11-20(18)25-21/h3-4,7-11,14-15H,5-6,12-13H2,1-2H3,(H,26,27). The third-order valence-corrected chi connectivity index (χ3v) is 5.09. The van der Waals surface area contributed by atoms with Gasteiger partial charge in [0.1, 0.15) is 0 Å². The molecule has 1 aromatic heterocycles. The van der Waals surface area contributed by atoms with Crippen LogP contribution in [0.4, 0.5) is 0 Å². The van der Waals surface area contributed by atoms with E-state index in [1.165, 1.54) is 0 Å². The summed E-state index contributed by atoms with van der Waals surface area (Å²) in [6.07, 6.45) is 2.18. The molecule has 2 aromatic carbocycles. The molecule has 0 bridgehead atoms. The highest BCUT2D eigenvalue weighted by atomic mass is 35.5. The molecule has 28 heavy (non-hydrogen) atoms. The summed E-state index contributed by atoms with van der Waals surface area (Å²) < 4.78 is 5.89. The maximum Gasteiger partial charge on any atom is 0.309 e. The van der Waals surface area contributed by atoms with Crippen LogP contribution in [-0.2, 0) is 4.79 Å². The second kappa shape index (κ2) is 8.61. The molecular formula is C23H24ClNO3. The van der Waals surface area contributed by atoms with E-state index in [0.29, 0.717) is 23.9 Å². The molecule has 0 unspecified atom stereocenters. The fourth-order valence-corrected chi connectivity index (χ4v) is 3.26. The van der Waals surface area contributed by atoms with Crippen LogP contribution >= 0.6 is 11.6 Å². The highest BCUT2D eigenvalue weighted by Gasteiger charge is 2.26. The summed E-state index contributed by atoms with van der Waals surface area (Å²) in [5.74, 6) is -0.207. The predicted octanol–water partition coefficient (Wildman–Crippen LogP) is 6.22. The number of hydrogen-bond donors (Lipinski definition) is 1. The molecule has 3 rings (SSSR count). The van der Waals surface area contributed by atoms with Crippen LogP contribution in [0.2, 0.25) is 5.02 Å². The molecule has 1 N–H and O–H groups in total. The molecule has 0 amide bonds. The number of fused-ring (bicyclic) bond motifs is 1. The number of carbonyl (C=O) groups is 1. The third kappa shape index (κ3) is 4.82. The van der Waals surface area contributed by atoms with E-state index in [1.807, 2.05) is 54.6 Å². The van der Waals surface area contributed by atoms with Gasteiger partial charge in [-0.1, -0.05) is 41.9 Å². The van der Waals surface area contributed by atoms with Crippen LogP contribution in [0.1, 0.15) is 33.1 Å². The number of carboxylic acid groups (broad SMARTS) is 1. The molecule has 3 aromatic rings. The Morgan fingerprint density at radius 1 is 1.11 bits per heavy atom. The molecule has 0 saturated carbocycles. The Bertz CT molecular complexity index is 984. The van der Waals surface area contributed by atoms with Crippen LogP contribution in [0.3, 0.4) is 0 Å². The molecule has 0 spiro atoms. The Hall–Kier alpha value is -2.59. The van der Waals surface area contributed by atoms with Crippen molar-refractivity contribution in [1.29, 1.82) is 0 Å². The zero-order valence-electron chi connectivity index (χ0n) is 16.1. The van der Waals surface area contributed by atoms with Crippen molar-refractivity contribution in [2.24, 2.45) is 5.41 Å². The summed E-state index contributed by atoms with van der Waals surface area (Å²) in [7, 11) is 0. The van der Waals surface area contributed by atoms with Crippen molar-refractivity contribution < 1.29 is 14.6 Å². The van der Waals surface area contributed by atoms with Gasteiger partial charge in [0.25, 0.3) is 0 Å². The minimum atomic E-state index is -0.768. The first-order chi connectivity index (χ1) is 13.4. The minimum Gasteiger partial charge on any atom is -0.481 e. The van der Waals surface area contributed by atoms with E-state index in [1.54, 1.807) is 13.8 Å². The summed E-state index contributed by atoms with van der Waals surface area (Å²) in [5, 5.41) is 10.9. The van der Waals surface area contributed by atoms with E-state index in [4.69, 9.17) is 16.3 Å². The maximum atomic E-state index is 11.2. The van der Waals surface area contributed by atoms with Gasteiger partial charge in [-0.05, 0) is 62.4 Å². The van der Waals surface area contributed by atoms with Gasteiger partial charge in [0.15, 0.2) is 0 Å². The van der Waals surface area contributed by atoms with E-state index in [2.05, 4.69) is 4.98 Å². The molecule has 0 fully saturated rings. The fraction of sp³-hybridized carbons (Fsp3) is 0.304. The van der Waals surface area contributed by atoms with Crippen LogP contribution in [0.5, 0.6) is 5.88 Å². The Kier molecular flexibility index (Phi) is 6.20. The van der Waals surface area contributed by atoms with Gasteiger partial charge in [-0.3, -0.25) is 4.79 Å². The number of pyridine rings is 1. The predicted molar refractivity (Wildman–Crippen MR) is 113 cm³/mol. The third-order valence-electron chi connectivity index (χ3n) is 4.85. The van der Waals surface area contributed by atoms with Crippen molar-refractivity contribution in [3.05, 3.63) is 59.6 Å². The number of halogens is 1. The molecule has 146 valence electrons. The average molecular weight is 398 g/mol. The summed E-state index contributed by atoms with van der Waals surface area (Å²) in [4.78, 5) is 15.8. The fourth-order valence-electron chi connectivity index (χ4n) is 3.07. The quantitative estimate of drug-likeness (QED) is 0.458. The SMILES string of the molecule is CC(C)(CCCCOc1cc(-c2cccc(Cl)c2)c2ccccc2n1)C(=O)O. The number of unbranched alkanes of at least 4 members (excludes halogenated alkanes) is 1. The summed E-state index contributed by atoms with van der Waals surface area (Å²) in [6, 6.07) is 17.6. The highest BCUT2D eigenvalue weighted by molar-refractivity contribution is 6.30. The molecule has 0 radical (unpaired) electrons. The van der Waals surface area contributed by atoms with Gasteiger partial charge >= 0.3 is 5.97 Å². The van der Waals surface area contributed by atoms with Crippen molar-refractivity contribution in [3.8, 4) is 17.0 Å². The van der Waals surface area contributed by atoms with E-state index in [0.717, 1.165) is 34.9 Å². The van der Waals surface area contributed by atoms with E-state index >= 15 is 0 Å². The van der Waals surface area contributed by atoms with Crippen molar-refractivity contribution in [2.45, 2.75) is 33.1 Å². The van der Waals surface area contributed by atoms with Crippen LogP contribution in [-0.4, -0.2) is 22.7 Å². The van der Waals surface area contributed by atoms with Crippen molar-refractivity contribution in [3.63, 3.8) is 0 Å². The Morgan fingerprint density at radius 2 is 1.89 bits per heavy atom. The topological polar surface area (TPSA) is 59.4 Å². The normalized spacial score (nSPS) is 11.5. The van der Waals surface area contributed by atoms with E-state index < -0.39 is 11.4 Å². The Morgan fingerprint density at radius 3 is 2.64 bits per heavy atom. The number of benzene rings is 2. The first kappa shape index (κ1) is 20.2. The molecule has 0 aliphatic heterocycles. The number of ether oxygens (including phenoxy) is 1. The van der Waals surface area contributed by atoms with Crippen LogP contribution in [0.25, 0.3) is 22.0 Å². The lowest BCUT2D eigenvalue weighted by atomic mass is 9.87. The van der Waals surface area contributed by atoms with Gasteiger partial charge in [-0.15, -0.1) is 0 Å². The highest BCUT2D eigenvalue weighted by Crippen LogP contribution is 2.32. The lowest BCUT2D eigenvalue weighted by molar-refractivity contribution is -0.147. The lowest BCUT2D eigenvalue weighted by Gasteiger charge is -2.18. The molecule has 5 heteroatoms. The number of nitrogens with zero attached hydrogens (tertiary/aromatic N) is 1. The van der Waals surface area contributed by atoms with Crippen LogP contribution in [0.15, 0.2) is 54.6 Å². The lowest BCUT2D eigenvalue weighted by Crippen LogP contribution is -2.23. The van der Waals surface area contributed by atoms with E-state index in [9.17, 15) is 9.90 Å². The number of carboxylic acids is 1. The second-order valence-corrected chi connectivity index (χ2v) is 7.97. The van der Waals surface area contributed by atoms with E-state index in [-0.39, 0.29) is 0 Å². The largest absolute Gasteiger partial charge is 0.481 e. The summed E-state index contributed by atoms with van der Waals surface area (Å²) in [5.41, 5.74) is 2.19. The zero-order chi connectivity index (χ0) is 20.1. The second-order valence-electron chi connectivity index (χ2n) is 7.53. The first-order valence-corrected chi connectivity index (χ1v) is 9.76. The van der Waals surface area contributed by atoms with Crippen molar-refractivity contribution >= 4 is 28.5 Å². The number of aromatic nitrogens is 1. The van der Waals surface area contributed by atoms with Gasteiger partial charge in [0.05, 0.1) is 17.5 Å². The van der Waals surface area contributed by atoms with Crippen LogP contribution < -0.4 is 4.74 Å². The van der Waals surface area contributed by atoms with Gasteiger partial charge in [-0.25, -0.2) is 4.98 Å². The number of rotatable bonds is 8. The smallest absolute Gasteiger partial charge is 0.309 e. The Labute approximate surface area is 170 Å². The molecular weight excluding hydrogens is 374 g/mol. The van der Waals surface area contributed by atoms with Gasteiger partial charge in [0.2, 0.25) is 5.88 Å².